The van der Waals surface area contributed by atoms with Crippen LogP contribution in [0, 0.1) is 13.8 Å². The number of aromatic nitrogens is 2. The number of aliphatic carboxylic acids is 1. The number of hydrogen-bond acceptors (Lipinski definition) is 3. The molecule has 122 valence electrons. The van der Waals surface area contributed by atoms with Crippen LogP contribution in [-0.4, -0.2) is 50.4 Å². The lowest BCUT2D eigenvalue weighted by Gasteiger charge is -2.17. The highest BCUT2D eigenvalue weighted by molar-refractivity contribution is 5.83. The van der Waals surface area contributed by atoms with Crippen LogP contribution in [0.4, 0.5) is 13.2 Å². The van der Waals surface area contributed by atoms with Crippen molar-refractivity contribution >= 4 is 11.9 Å². The Morgan fingerprint density at radius 3 is 2.50 bits per heavy atom. The van der Waals surface area contributed by atoms with Gasteiger partial charge in [-0.05, 0) is 13.8 Å². The van der Waals surface area contributed by atoms with Gasteiger partial charge in [-0.1, -0.05) is 0 Å². The van der Waals surface area contributed by atoms with Crippen LogP contribution in [0.5, 0.6) is 0 Å². The number of carbonyl (C=O) groups is 2. The smallest absolute Gasteiger partial charge is 0.343 e. The van der Waals surface area contributed by atoms with E-state index in [9.17, 15) is 22.8 Å². The molecule has 1 aliphatic rings. The van der Waals surface area contributed by atoms with Crippen LogP contribution in [-0.2, 0) is 16.0 Å². The summed E-state index contributed by atoms with van der Waals surface area (Å²) in [7, 11) is 0. The number of rotatable bonds is 4. The zero-order valence-corrected chi connectivity index (χ0v) is 12.1. The third-order valence-electron chi connectivity index (χ3n) is 3.94. The molecule has 1 fully saturated rings. The van der Waals surface area contributed by atoms with Gasteiger partial charge in [-0.15, -0.1) is 0 Å². The summed E-state index contributed by atoms with van der Waals surface area (Å²) < 4.78 is 40.0. The normalized spacial score (nSPS) is 21.6. The van der Waals surface area contributed by atoms with Crippen molar-refractivity contribution in [3.63, 3.8) is 0 Å². The quantitative estimate of drug-likeness (QED) is 0.912. The molecule has 1 aromatic heterocycles. The summed E-state index contributed by atoms with van der Waals surface area (Å²) in [5.41, 5.74) is -1.61. The maximum Gasteiger partial charge on any atom is 0.343 e. The molecule has 9 heteroatoms. The van der Waals surface area contributed by atoms with Gasteiger partial charge in [0.05, 0.1) is 18.7 Å². The lowest BCUT2D eigenvalue weighted by Crippen LogP contribution is -2.39. The standard InChI is InChI=1S/C13H16F3N3O3/c1-7-9(8(2)19(17-7)12(14)15)5-10(20)18-4-3-13(16,6-18)11(21)22/h12H,3-6H2,1-2H3,(H,21,22). The fourth-order valence-electron chi connectivity index (χ4n) is 2.57. The molecule has 0 saturated carbocycles. The van der Waals surface area contributed by atoms with Crippen molar-refractivity contribution in [1.29, 1.82) is 0 Å². The van der Waals surface area contributed by atoms with E-state index in [4.69, 9.17) is 5.11 Å². The molecule has 2 rings (SSSR count). The van der Waals surface area contributed by atoms with Gasteiger partial charge in [-0.2, -0.15) is 13.9 Å². The van der Waals surface area contributed by atoms with E-state index in [-0.39, 0.29) is 25.1 Å². The Morgan fingerprint density at radius 1 is 1.41 bits per heavy atom. The first-order chi connectivity index (χ1) is 10.2. The fraction of sp³-hybridized carbons (Fsp3) is 0.615. The fourth-order valence-corrected chi connectivity index (χ4v) is 2.57. The number of carboxylic acid groups (broad SMARTS) is 1. The molecular formula is C13H16F3N3O3. The summed E-state index contributed by atoms with van der Waals surface area (Å²) in [4.78, 5) is 24.1. The molecule has 0 spiro atoms. The van der Waals surface area contributed by atoms with Crippen molar-refractivity contribution in [2.24, 2.45) is 0 Å². The van der Waals surface area contributed by atoms with E-state index in [0.717, 1.165) is 4.90 Å². The second kappa shape index (κ2) is 5.62. The molecule has 0 aliphatic carbocycles. The van der Waals surface area contributed by atoms with Gasteiger partial charge in [0.1, 0.15) is 0 Å². The van der Waals surface area contributed by atoms with E-state index in [1.165, 1.54) is 13.8 Å². The van der Waals surface area contributed by atoms with Gasteiger partial charge < -0.3 is 10.0 Å². The Kier molecular flexibility index (Phi) is 4.17. The van der Waals surface area contributed by atoms with Gasteiger partial charge in [-0.3, -0.25) is 4.79 Å². The predicted octanol–water partition coefficient (Wildman–Crippen LogP) is 1.46. The molecule has 2 heterocycles. The first-order valence-corrected chi connectivity index (χ1v) is 6.68. The summed E-state index contributed by atoms with van der Waals surface area (Å²) >= 11 is 0. The Balaban J connectivity index is 2.13. The lowest BCUT2D eigenvalue weighted by molar-refractivity contribution is -0.150. The van der Waals surface area contributed by atoms with Gasteiger partial charge >= 0.3 is 12.5 Å². The van der Waals surface area contributed by atoms with E-state index in [0.29, 0.717) is 15.9 Å². The highest BCUT2D eigenvalue weighted by Gasteiger charge is 2.46. The molecule has 1 aliphatic heterocycles. The summed E-state index contributed by atoms with van der Waals surface area (Å²) in [6.45, 7) is -0.407. The first-order valence-electron chi connectivity index (χ1n) is 6.68. The summed E-state index contributed by atoms with van der Waals surface area (Å²) in [5, 5.41) is 12.5. The number of carboxylic acids is 1. The largest absolute Gasteiger partial charge is 0.479 e. The number of likely N-dealkylation sites (tertiary alicyclic amines) is 1. The Morgan fingerprint density at radius 2 is 2.05 bits per heavy atom. The van der Waals surface area contributed by atoms with Crippen LogP contribution >= 0.6 is 0 Å². The zero-order valence-electron chi connectivity index (χ0n) is 12.1. The second-order valence-corrected chi connectivity index (χ2v) is 5.38. The summed E-state index contributed by atoms with van der Waals surface area (Å²) in [6.07, 6.45) is -0.484. The van der Waals surface area contributed by atoms with Gasteiger partial charge in [0.25, 0.3) is 0 Å². The molecule has 22 heavy (non-hydrogen) atoms. The SMILES string of the molecule is Cc1nn(C(F)F)c(C)c1CC(=O)N1CCC(F)(C(=O)O)C1. The molecule has 1 atom stereocenters. The third kappa shape index (κ3) is 2.79. The summed E-state index contributed by atoms with van der Waals surface area (Å²) in [6, 6.07) is 0. The molecule has 0 bridgehead atoms. The Bertz CT molecular complexity index is 617. The van der Waals surface area contributed by atoms with Crippen molar-refractivity contribution in [2.45, 2.75) is 38.9 Å². The molecule has 1 saturated heterocycles. The number of halogens is 3. The van der Waals surface area contributed by atoms with Crippen molar-refractivity contribution in [3.8, 4) is 0 Å². The van der Waals surface area contributed by atoms with Crippen LogP contribution < -0.4 is 0 Å². The molecule has 1 N–H and O–H groups in total. The van der Waals surface area contributed by atoms with Crippen LogP contribution in [0.1, 0.15) is 29.9 Å². The topological polar surface area (TPSA) is 75.4 Å². The van der Waals surface area contributed by atoms with Crippen molar-refractivity contribution < 1.29 is 27.9 Å². The zero-order chi connectivity index (χ0) is 16.7. The lowest BCUT2D eigenvalue weighted by atomic mass is 10.1. The van der Waals surface area contributed by atoms with Gasteiger partial charge in [-0.25, -0.2) is 13.9 Å². The van der Waals surface area contributed by atoms with E-state index in [1.54, 1.807) is 0 Å². The molecule has 0 radical (unpaired) electrons. The minimum atomic E-state index is -2.81. The first kappa shape index (κ1) is 16.3. The minimum Gasteiger partial charge on any atom is -0.479 e. The number of aryl methyl sites for hydroxylation is 1. The Hall–Kier alpha value is -2.06. The average molecular weight is 319 g/mol. The third-order valence-corrected chi connectivity index (χ3v) is 3.94. The van der Waals surface area contributed by atoms with Gasteiger partial charge in [0.2, 0.25) is 11.6 Å². The summed E-state index contributed by atoms with van der Waals surface area (Å²) in [5.74, 6) is -2.10. The number of nitrogens with zero attached hydrogens (tertiary/aromatic N) is 3. The van der Waals surface area contributed by atoms with E-state index >= 15 is 0 Å². The van der Waals surface area contributed by atoms with E-state index in [2.05, 4.69) is 5.10 Å². The number of carbonyl (C=O) groups excluding carboxylic acids is 1. The van der Waals surface area contributed by atoms with E-state index < -0.39 is 30.6 Å². The van der Waals surface area contributed by atoms with E-state index in [1.807, 2.05) is 0 Å². The maximum atomic E-state index is 13.9. The minimum absolute atomic E-state index is 0.0112. The molecule has 1 unspecified atom stereocenters. The Labute approximate surface area is 124 Å². The number of alkyl halides is 3. The van der Waals surface area contributed by atoms with Crippen LogP contribution in [0.3, 0.4) is 0 Å². The van der Waals surface area contributed by atoms with Gasteiger partial charge in [0, 0.05) is 24.2 Å². The predicted molar refractivity (Wildman–Crippen MR) is 69.3 cm³/mol. The maximum absolute atomic E-state index is 13.9. The molecule has 1 amide bonds. The number of amides is 1. The number of hydrogen-bond donors (Lipinski definition) is 1. The van der Waals surface area contributed by atoms with Gasteiger partial charge in [0.15, 0.2) is 0 Å². The van der Waals surface area contributed by atoms with Crippen molar-refractivity contribution in [2.75, 3.05) is 13.1 Å². The average Bonchev–Trinajstić information content (AvgIpc) is 2.95. The molecular weight excluding hydrogens is 303 g/mol. The van der Waals surface area contributed by atoms with Crippen LogP contribution in [0.25, 0.3) is 0 Å². The molecule has 0 aromatic carbocycles. The van der Waals surface area contributed by atoms with Crippen molar-refractivity contribution in [1.82, 2.24) is 14.7 Å². The highest BCUT2D eigenvalue weighted by Crippen LogP contribution is 2.27. The highest BCUT2D eigenvalue weighted by atomic mass is 19.3. The molecule has 1 aromatic rings. The van der Waals surface area contributed by atoms with Crippen molar-refractivity contribution in [3.05, 3.63) is 17.0 Å². The monoisotopic (exact) mass is 319 g/mol. The second-order valence-electron chi connectivity index (χ2n) is 5.38. The van der Waals surface area contributed by atoms with Crippen LogP contribution in [0.15, 0.2) is 0 Å². The van der Waals surface area contributed by atoms with Crippen LogP contribution in [0.2, 0.25) is 0 Å². The molecule has 6 nitrogen and oxygen atoms in total.